The number of halogens is 17. The monoisotopic (exact) mass is 620 g/mol. The maximum atomic E-state index is 14.4. The van der Waals surface area contributed by atoms with Crippen molar-refractivity contribution in [3.05, 3.63) is 35.4 Å². The molecule has 0 amide bonds. The number of hydrogen-bond acceptors (Lipinski definition) is 0. The van der Waals surface area contributed by atoms with Gasteiger partial charge in [0, 0.05) is 5.56 Å². The third kappa shape index (κ3) is 5.22. The summed E-state index contributed by atoms with van der Waals surface area (Å²) in [5, 5.41) is 0. The van der Waals surface area contributed by atoms with Gasteiger partial charge in [0.2, 0.25) is 0 Å². The number of alkyl halides is 17. The molecule has 1 fully saturated rings. The summed E-state index contributed by atoms with van der Waals surface area (Å²) in [5.41, 5.74) is -1.99. The summed E-state index contributed by atoms with van der Waals surface area (Å²) < 4.78 is 229. The summed E-state index contributed by atoms with van der Waals surface area (Å²) in [6.07, 6.45) is -3.56. The minimum Gasteiger partial charge on any atom is -0.194 e. The van der Waals surface area contributed by atoms with Gasteiger partial charge in [-0.05, 0) is 30.2 Å². The summed E-state index contributed by atoms with van der Waals surface area (Å²) in [5.74, 6) is -55.7. The summed E-state index contributed by atoms with van der Waals surface area (Å²) in [4.78, 5) is 0. The highest BCUT2D eigenvalue weighted by molar-refractivity contribution is 5.29. The largest absolute Gasteiger partial charge is 0.460 e. The molecule has 1 aliphatic rings. The molecule has 0 unspecified atom stereocenters. The molecule has 0 aromatic heterocycles. The summed E-state index contributed by atoms with van der Waals surface area (Å²) in [6, 6.07) is 1.50. The van der Waals surface area contributed by atoms with Crippen LogP contribution in [0.1, 0.15) is 50.2 Å². The second-order valence-corrected chi connectivity index (χ2v) is 9.88. The first-order valence-electron chi connectivity index (χ1n) is 11.5. The molecule has 40 heavy (non-hydrogen) atoms. The van der Waals surface area contributed by atoms with Crippen molar-refractivity contribution in [2.24, 2.45) is 11.8 Å². The predicted octanol–water partition coefficient (Wildman–Crippen LogP) is 9.91. The highest BCUT2D eigenvalue weighted by atomic mass is 19.4. The molecule has 0 bridgehead atoms. The van der Waals surface area contributed by atoms with Crippen LogP contribution in [0.25, 0.3) is 0 Å². The lowest BCUT2D eigenvalue weighted by atomic mass is 9.80. The Labute approximate surface area is 215 Å². The van der Waals surface area contributed by atoms with Crippen molar-refractivity contribution in [2.45, 2.75) is 93.1 Å². The smallest absolute Gasteiger partial charge is 0.194 e. The molecular weight excluding hydrogens is 599 g/mol. The molecule has 0 aliphatic heterocycles. The molecule has 0 radical (unpaired) electrons. The molecule has 0 N–H and O–H groups in total. The highest BCUT2D eigenvalue weighted by Gasteiger charge is 2.95. The van der Waals surface area contributed by atoms with Gasteiger partial charge >= 0.3 is 47.6 Å². The van der Waals surface area contributed by atoms with Gasteiger partial charge in [0.15, 0.2) is 0 Å². The van der Waals surface area contributed by atoms with Crippen LogP contribution in [0.4, 0.5) is 74.6 Å². The fraction of sp³-hybridized carbons (Fsp3) is 0.739. The lowest BCUT2D eigenvalue weighted by Crippen LogP contribution is -2.74. The zero-order valence-corrected chi connectivity index (χ0v) is 20.1. The first-order valence-corrected chi connectivity index (χ1v) is 11.5. The van der Waals surface area contributed by atoms with E-state index in [1.807, 2.05) is 6.92 Å². The molecule has 0 saturated heterocycles. The summed E-state index contributed by atoms with van der Waals surface area (Å²) >= 11 is 0. The van der Waals surface area contributed by atoms with E-state index in [-0.39, 0.29) is 30.0 Å². The summed E-state index contributed by atoms with van der Waals surface area (Å²) in [6.45, 7) is 2.04. The molecular formula is C23H21F17. The van der Waals surface area contributed by atoms with Crippen LogP contribution in [0, 0.1) is 11.8 Å². The Bertz CT molecular complexity index is 999. The van der Waals surface area contributed by atoms with Crippen LogP contribution in [0.5, 0.6) is 0 Å². The van der Waals surface area contributed by atoms with Crippen molar-refractivity contribution < 1.29 is 74.6 Å². The van der Waals surface area contributed by atoms with Crippen molar-refractivity contribution in [2.75, 3.05) is 0 Å². The van der Waals surface area contributed by atoms with Gasteiger partial charge in [0.05, 0.1) is 0 Å². The lowest BCUT2D eigenvalue weighted by molar-refractivity contribution is -0.462. The van der Waals surface area contributed by atoms with E-state index in [4.69, 9.17) is 0 Å². The second-order valence-electron chi connectivity index (χ2n) is 9.88. The van der Waals surface area contributed by atoms with Crippen LogP contribution >= 0.6 is 0 Å². The van der Waals surface area contributed by atoms with Gasteiger partial charge < -0.3 is 0 Å². The van der Waals surface area contributed by atoms with Crippen molar-refractivity contribution in [1.29, 1.82) is 0 Å². The van der Waals surface area contributed by atoms with Gasteiger partial charge in [-0.1, -0.05) is 56.9 Å². The maximum absolute atomic E-state index is 14.4. The number of rotatable bonds is 10. The zero-order chi connectivity index (χ0) is 31.4. The molecule has 1 saturated carbocycles. The Morgan fingerprint density at radius 3 is 1.30 bits per heavy atom. The van der Waals surface area contributed by atoms with Crippen LogP contribution in [0.3, 0.4) is 0 Å². The Balaban J connectivity index is 2.38. The molecule has 0 atom stereocenters. The highest BCUT2D eigenvalue weighted by Crippen LogP contribution is 2.65. The fourth-order valence-electron chi connectivity index (χ4n) is 4.21. The SMILES string of the molecule is C[C@H]1CC[C@H](CCc2ccc(C(F)(F)C(F)(F)C(F)(F)C(F)(F)C(F)(F)C(F)(F)C(F)(F)C(F)(F)F)cc2)CC1. The van der Waals surface area contributed by atoms with Gasteiger partial charge in [-0.2, -0.15) is 74.6 Å². The average Bonchev–Trinajstić information content (AvgIpc) is 2.82. The zero-order valence-electron chi connectivity index (χ0n) is 20.1. The molecule has 0 nitrogen and oxygen atoms in total. The normalized spacial score (nSPS) is 21.1. The maximum Gasteiger partial charge on any atom is 0.460 e. The quantitative estimate of drug-likeness (QED) is 0.229. The number of aryl methyl sites for hydroxylation is 1. The van der Waals surface area contributed by atoms with E-state index in [0.717, 1.165) is 25.7 Å². The predicted molar refractivity (Wildman–Crippen MR) is 106 cm³/mol. The Kier molecular flexibility index (Phi) is 8.89. The van der Waals surface area contributed by atoms with Crippen LogP contribution < -0.4 is 0 Å². The van der Waals surface area contributed by atoms with Crippen LogP contribution in [-0.4, -0.2) is 41.7 Å². The lowest BCUT2D eigenvalue weighted by Gasteiger charge is -2.42. The molecule has 0 spiro atoms. The third-order valence-electron chi connectivity index (χ3n) is 7.02. The molecule has 232 valence electrons. The van der Waals surface area contributed by atoms with E-state index in [1.165, 1.54) is 0 Å². The number of benzene rings is 1. The molecule has 1 aliphatic carbocycles. The van der Waals surface area contributed by atoms with E-state index < -0.39 is 53.2 Å². The van der Waals surface area contributed by atoms with Crippen molar-refractivity contribution in [3.8, 4) is 0 Å². The Morgan fingerprint density at radius 2 is 0.900 bits per heavy atom. The van der Waals surface area contributed by atoms with Crippen molar-refractivity contribution in [3.63, 3.8) is 0 Å². The molecule has 17 heteroatoms. The third-order valence-corrected chi connectivity index (χ3v) is 7.02. The molecule has 1 aromatic rings. The fourth-order valence-corrected chi connectivity index (χ4v) is 4.21. The van der Waals surface area contributed by atoms with Crippen LogP contribution in [-0.2, 0) is 12.3 Å². The molecule has 1 aromatic carbocycles. The first-order chi connectivity index (χ1) is 17.7. The Morgan fingerprint density at radius 1 is 0.525 bits per heavy atom. The average molecular weight is 620 g/mol. The van der Waals surface area contributed by atoms with E-state index in [2.05, 4.69) is 0 Å². The second kappa shape index (κ2) is 10.4. The van der Waals surface area contributed by atoms with Gasteiger partial charge in [-0.25, -0.2) is 0 Å². The summed E-state index contributed by atoms with van der Waals surface area (Å²) in [7, 11) is 0. The van der Waals surface area contributed by atoms with E-state index in [9.17, 15) is 74.6 Å². The van der Waals surface area contributed by atoms with E-state index in [0.29, 0.717) is 24.5 Å². The minimum absolute atomic E-state index is 0.0466. The van der Waals surface area contributed by atoms with Crippen LogP contribution in [0.2, 0.25) is 0 Å². The van der Waals surface area contributed by atoms with E-state index >= 15 is 0 Å². The van der Waals surface area contributed by atoms with Crippen molar-refractivity contribution >= 4 is 0 Å². The van der Waals surface area contributed by atoms with Gasteiger partial charge in [0.1, 0.15) is 0 Å². The van der Waals surface area contributed by atoms with Crippen LogP contribution in [0.15, 0.2) is 24.3 Å². The van der Waals surface area contributed by atoms with E-state index in [1.54, 1.807) is 0 Å². The molecule has 2 rings (SSSR count). The van der Waals surface area contributed by atoms with Gasteiger partial charge in [-0.3, -0.25) is 0 Å². The van der Waals surface area contributed by atoms with Gasteiger partial charge in [0.25, 0.3) is 0 Å². The Hall–Kier alpha value is -1.97. The van der Waals surface area contributed by atoms with Crippen molar-refractivity contribution in [1.82, 2.24) is 0 Å². The standard InChI is InChI=1S/C23H21F17/c1-12-2-4-13(5-3-12)6-7-14-8-10-15(11-9-14)16(24,25)17(26,27)18(28,29)19(30,31)20(32,33)21(34,35)22(36,37)23(38,39)40/h8-13H,2-7H2,1H3/t12-,13-. The number of hydrogen-bond donors (Lipinski definition) is 0. The van der Waals surface area contributed by atoms with Gasteiger partial charge in [-0.15, -0.1) is 0 Å². The topological polar surface area (TPSA) is 0 Å². The molecule has 0 heterocycles. The minimum atomic E-state index is -8.62. The first kappa shape index (κ1) is 34.2.